The fourth-order valence-corrected chi connectivity index (χ4v) is 4.20. The summed E-state index contributed by atoms with van der Waals surface area (Å²) in [6.45, 7) is 5.76. The molecule has 3 aromatic rings. The van der Waals surface area contributed by atoms with Crippen LogP contribution in [0, 0.1) is 5.82 Å². The van der Waals surface area contributed by atoms with Crippen LogP contribution in [0.3, 0.4) is 0 Å². The zero-order chi connectivity index (χ0) is 16.7. The summed E-state index contributed by atoms with van der Waals surface area (Å²) in [4.78, 5) is 12.2. The van der Waals surface area contributed by atoms with E-state index in [9.17, 15) is 4.39 Å². The van der Waals surface area contributed by atoms with E-state index in [1.54, 1.807) is 29.8 Å². The second-order valence-corrected chi connectivity index (χ2v) is 7.05. The molecule has 0 saturated carbocycles. The number of aromatic nitrogens is 2. The summed E-state index contributed by atoms with van der Waals surface area (Å²) < 4.78 is 19.1. The van der Waals surface area contributed by atoms with Gasteiger partial charge in [0.1, 0.15) is 22.8 Å². The lowest BCUT2D eigenvalue weighted by Gasteiger charge is -2.36. The molecule has 0 N–H and O–H groups in total. The van der Waals surface area contributed by atoms with Crippen molar-refractivity contribution in [1.82, 2.24) is 9.97 Å². The Morgan fingerprint density at radius 1 is 1.12 bits per heavy atom. The highest BCUT2D eigenvalue weighted by atomic mass is 32.1. The van der Waals surface area contributed by atoms with Crippen molar-refractivity contribution in [2.45, 2.75) is 26.1 Å². The largest absolute Gasteiger partial charge is 0.372 e. The monoisotopic (exact) mass is 343 g/mol. The molecule has 0 aliphatic carbocycles. The van der Waals surface area contributed by atoms with Crippen LogP contribution in [0.1, 0.15) is 13.8 Å². The maximum Gasteiger partial charge on any atom is 0.141 e. The number of benzene rings is 1. The Morgan fingerprint density at radius 3 is 2.54 bits per heavy atom. The zero-order valence-corrected chi connectivity index (χ0v) is 14.4. The normalized spacial score (nSPS) is 21.4. The molecule has 1 saturated heterocycles. The van der Waals surface area contributed by atoms with Gasteiger partial charge in [-0.05, 0) is 31.5 Å². The van der Waals surface area contributed by atoms with E-state index in [4.69, 9.17) is 4.74 Å². The maximum absolute atomic E-state index is 13.3. The highest BCUT2D eigenvalue weighted by Gasteiger charge is 2.26. The van der Waals surface area contributed by atoms with E-state index in [1.165, 1.54) is 12.1 Å². The molecule has 1 aromatic carbocycles. The lowest BCUT2D eigenvalue weighted by atomic mass is 10.1. The molecule has 0 radical (unpaired) electrons. The van der Waals surface area contributed by atoms with Crippen LogP contribution in [-0.2, 0) is 4.74 Å². The standard InChI is InChI=1S/C18H18FN3OS/c1-11-7-22(8-12(2)23-11)17-16-15(9-24-18(16)21-10-20-17)13-3-5-14(19)6-4-13/h3-6,9-12H,7-8H2,1-2H3/t11-,12-/m1/s1. The molecule has 4 rings (SSSR count). The average Bonchev–Trinajstić information content (AvgIpc) is 2.99. The molecule has 1 fully saturated rings. The molecule has 24 heavy (non-hydrogen) atoms. The van der Waals surface area contributed by atoms with E-state index >= 15 is 0 Å². The Balaban J connectivity index is 1.84. The second kappa shape index (κ2) is 6.11. The van der Waals surface area contributed by atoms with Crippen molar-refractivity contribution in [2.24, 2.45) is 0 Å². The molecule has 3 heterocycles. The van der Waals surface area contributed by atoms with Crippen molar-refractivity contribution in [3.05, 3.63) is 41.8 Å². The number of halogens is 1. The zero-order valence-electron chi connectivity index (χ0n) is 13.6. The molecule has 0 spiro atoms. The van der Waals surface area contributed by atoms with Crippen molar-refractivity contribution in [3.63, 3.8) is 0 Å². The molecule has 1 aliphatic heterocycles. The third-order valence-corrected chi connectivity index (χ3v) is 5.11. The van der Waals surface area contributed by atoms with Gasteiger partial charge in [0.05, 0.1) is 17.6 Å². The summed E-state index contributed by atoms with van der Waals surface area (Å²) in [5, 5.41) is 3.11. The minimum Gasteiger partial charge on any atom is -0.372 e. The molecule has 1 aliphatic rings. The van der Waals surface area contributed by atoms with Crippen LogP contribution in [0.2, 0.25) is 0 Å². The van der Waals surface area contributed by atoms with Crippen molar-refractivity contribution in [3.8, 4) is 11.1 Å². The molecular weight excluding hydrogens is 325 g/mol. The van der Waals surface area contributed by atoms with Gasteiger partial charge in [-0.3, -0.25) is 0 Å². The number of hydrogen-bond acceptors (Lipinski definition) is 5. The number of anilines is 1. The van der Waals surface area contributed by atoms with Gasteiger partial charge in [-0.25, -0.2) is 14.4 Å². The van der Waals surface area contributed by atoms with E-state index in [1.807, 2.05) is 0 Å². The summed E-state index contributed by atoms with van der Waals surface area (Å²) in [6, 6.07) is 6.58. The van der Waals surface area contributed by atoms with Gasteiger partial charge >= 0.3 is 0 Å². The first-order valence-corrected chi connectivity index (χ1v) is 8.88. The maximum atomic E-state index is 13.3. The molecule has 4 nitrogen and oxygen atoms in total. The first-order valence-electron chi connectivity index (χ1n) is 8.00. The van der Waals surface area contributed by atoms with Crippen molar-refractivity contribution in [1.29, 1.82) is 0 Å². The van der Waals surface area contributed by atoms with Crippen molar-refractivity contribution in [2.75, 3.05) is 18.0 Å². The molecule has 0 unspecified atom stereocenters. The predicted octanol–water partition coefficient (Wildman–Crippen LogP) is 4.11. The first kappa shape index (κ1) is 15.5. The summed E-state index contributed by atoms with van der Waals surface area (Å²) in [5.41, 5.74) is 2.03. The van der Waals surface area contributed by atoms with Crippen molar-refractivity contribution < 1.29 is 9.13 Å². The van der Waals surface area contributed by atoms with Gasteiger partial charge in [-0.1, -0.05) is 12.1 Å². The molecule has 124 valence electrons. The second-order valence-electron chi connectivity index (χ2n) is 6.20. The molecular formula is C18H18FN3OS. The van der Waals surface area contributed by atoms with Gasteiger partial charge in [0.15, 0.2) is 0 Å². The van der Waals surface area contributed by atoms with Gasteiger partial charge in [0.2, 0.25) is 0 Å². The third-order valence-electron chi connectivity index (χ3n) is 4.22. The van der Waals surface area contributed by atoms with Crippen LogP contribution < -0.4 is 4.90 Å². The highest BCUT2D eigenvalue weighted by Crippen LogP contribution is 2.38. The van der Waals surface area contributed by atoms with Crippen LogP contribution in [0.5, 0.6) is 0 Å². The first-order chi connectivity index (χ1) is 11.6. The summed E-state index contributed by atoms with van der Waals surface area (Å²) in [5.74, 6) is 0.702. The van der Waals surface area contributed by atoms with E-state index in [0.717, 1.165) is 40.3 Å². The Kier molecular flexibility index (Phi) is 3.94. The number of ether oxygens (including phenoxy) is 1. The van der Waals surface area contributed by atoms with Crippen LogP contribution in [0.15, 0.2) is 36.0 Å². The summed E-state index contributed by atoms with van der Waals surface area (Å²) in [6.07, 6.45) is 1.94. The number of thiophene rings is 1. The minimum atomic E-state index is -0.231. The summed E-state index contributed by atoms with van der Waals surface area (Å²) in [7, 11) is 0. The number of hydrogen-bond donors (Lipinski definition) is 0. The molecule has 2 atom stereocenters. The van der Waals surface area contributed by atoms with Gasteiger partial charge in [-0.15, -0.1) is 11.3 Å². The molecule has 0 amide bonds. The summed E-state index contributed by atoms with van der Waals surface area (Å²) >= 11 is 1.59. The number of nitrogens with zero attached hydrogens (tertiary/aromatic N) is 3. The lowest BCUT2D eigenvalue weighted by Crippen LogP contribution is -2.45. The average molecular weight is 343 g/mol. The Bertz CT molecular complexity index is 854. The topological polar surface area (TPSA) is 38.2 Å². The predicted molar refractivity (Wildman–Crippen MR) is 95.0 cm³/mol. The molecule has 2 aromatic heterocycles. The fraction of sp³-hybridized carbons (Fsp3) is 0.333. The highest BCUT2D eigenvalue weighted by molar-refractivity contribution is 7.17. The fourth-order valence-electron chi connectivity index (χ4n) is 3.29. The van der Waals surface area contributed by atoms with Crippen LogP contribution in [0.4, 0.5) is 10.2 Å². The van der Waals surface area contributed by atoms with Crippen LogP contribution in [0.25, 0.3) is 21.3 Å². The van der Waals surface area contributed by atoms with E-state index in [-0.39, 0.29) is 18.0 Å². The van der Waals surface area contributed by atoms with Gasteiger partial charge < -0.3 is 9.64 Å². The molecule has 6 heteroatoms. The Morgan fingerprint density at radius 2 is 1.83 bits per heavy atom. The van der Waals surface area contributed by atoms with Crippen LogP contribution >= 0.6 is 11.3 Å². The smallest absolute Gasteiger partial charge is 0.141 e. The Labute approximate surface area is 143 Å². The molecule has 0 bridgehead atoms. The van der Waals surface area contributed by atoms with E-state index in [0.29, 0.717) is 0 Å². The number of rotatable bonds is 2. The SMILES string of the molecule is C[C@@H]1CN(c2ncnc3scc(-c4ccc(F)cc4)c23)C[C@@H](C)O1. The van der Waals surface area contributed by atoms with Crippen LogP contribution in [-0.4, -0.2) is 35.3 Å². The Hall–Kier alpha value is -2.05. The number of fused-ring (bicyclic) bond motifs is 1. The third kappa shape index (κ3) is 2.76. The van der Waals surface area contributed by atoms with Gasteiger partial charge in [0, 0.05) is 24.0 Å². The quantitative estimate of drug-likeness (QED) is 0.702. The lowest BCUT2D eigenvalue weighted by molar-refractivity contribution is -0.00537. The minimum absolute atomic E-state index is 0.159. The van der Waals surface area contributed by atoms with E-state index in [2.05, 4.69) is 34.1 Å². The van der Waals surface area contributed by atoms with Gasteiger partial charge in [0.25, 0.3) is 0 Å². The van der Waals surface area contributed by atoms with E-state index < -0.39 is 0 Å². The van der Waals surface area contributed by atoms with Crippen molar-refractivity contribution >= 4 is 27.4 Å². The number of morpholine rings is 1. The van der Waals surface area contributed by atoms with Gasteiger partial charge in [-0.2, -0.15) is 0 Å².